The topological polar surface area (TPSA) is 39.2 Å². The molecule has 0 N–H and O–H groups in total. The van der Waals surface area contributed by atoms with E-state index in [0.29, 0.717) is 11.5 Å². The van der Waals surface area contributed by atoms with Gasteiger partial charge in [0.05, 0.1) is 10.6 Å². The second-order valence-electron chi connectivity index (χ2n) is 4.88. The van der Waals surface area contributed by atoms with Gasteiger partial charge >= 0.3 is 5.97 Å². The Hall–Kier alpha value is -0.800. The quantitative estimate of drug-likeness (QED) is 0.609. The molecule has 0 aliphatic heterocycles. The fourth-order valence-electron chi connectivity index (χ4n) is 2.57. The maximum atomic E-state index is 12.2. The maximum Gasteiger partial charge on any atom is 0.340 e. The Bertz CT molecular complexity index is 465. The van der Waals surface area contributed by atoms with Gasteiger partial charge in [0, 0.05) is 6.20 Å². The zero-order valence-electron chi connectivity index (χ0n) is 10.9. The van der Waals surface area contributed by atoms with E-state index in [1.54, 1.807) is 0 Å². The molecule has 5 heteroatoms. The van der Waals surface area contributed by atoms with Crippen LogP contribution in [0.15, 0.2) is 12.3 Å². The van der Waals surface area contributed by atoms with E-state index in [-0.39, 0.29) is 16.3 Å². The van der Waals surface area contributed by atoms with Gasteiger partial charge < -0.3 is 4.74 Å². The lowest BCUT2D eigenvalue weighted by molar-refractivity contribution is 0.000717. The van der Waals surface area contributed by atoms with E-state index >= 15 is 0 Å². The van der Waals surface area contributed by atoms with Crippen LogP contribution in [0, 0.1) is 5.92 Å². The van der Waals surface area contributed by atoms with Crippen molar-refractivity contribution in [3.05, 3.63) is 28.0 Å². The minimum absolute atomic E-state index is 0.00532. The average Bonchev–Trinajstić information content (AvgIpc) is 2.42. The molecular weight excluding hydrogens is 285 g/mol. The highest BCUT2D eigenvalue weighted by molar-refractivity contribution is 6.34. The fraction of sp³-hybridized carbons (Fsp3) is 0.571. The number of carbonyl (C=O) groups excluding carboxylic acids is 1. The summed E-state index contributed by atoms with van der Waals surface area (Å²) < 4.78 is 5.61. The molecule has 0 radical (unpaired) electrons. The Morgan fingerprint density at radius 2 is 2.16 bits per heavy atom. The average molecular weight is 302 g/mol. The van der Waals surface area contributed by atoms with Crippen molar-refractivity contribution in [1.82, 2.24) is 4.98 Å². The number of nitrogens with zero attached hydrogens (tertiary/aromatic N) is 1. The Labute approximate surface area is 123 Å². The van der Waals surface area contributed by atoms with Gasteiger partial charge in [-0.25, -0.2) is 9.78 Å². The van der Waals surface area contributed by atoms with Crippen molar-refractivity contribution >= 4 is 29.2 Å². The van der Waals surface area contributed by atoms with E-state index in [0.717, 1.165) is 25.7 Å². The minimum atomic E-state index is -0.403. The van der Waals surface area contributed by atoms with Crippen LogP contribution in [0.2, 0.25) is 10.2 Å². The van der Waals surface area contributed by atoms with Crippen LogP contribution in [0.3, 0.4) is 0 Å². The number of hydrogen-bond acceptors (Lipinski definition) is 3. The third-order valence-electron chi connectivity index (χ3n) is 3.66. The van der Waals surface area contributed by atoms with Crippen LogP contribution in [0.25, 0.3) is 0 Å². The molecule has 1 fully saturated rings. The SMILES string of the molecule is CCC1CCCCC1OC(=O)c1cc(Cl)ncc1Cl. The van der Waals surface area contributed by atoms with Crippen molar-refractivity contribution in [2.45, 2.75) is 45.1 Å². The monoisotopic (exact) mass is 301 g/mol. The van der Waals surface area contributed by atoms with Crippen LogP contribution in [0.5, 0.6) is 0 Å². The highest BCUT2D eigenvalue weighted by Crippen LogP contribution is 2.30. The number of pyridine rings is 1. The Balaban J connectivity index is 2.09. The third kappa shape index (κ3) is 3.61. The third-order valence-corrected chi connectivity index (χ3v) is 4.17. The molecule has 0 aromatic carbocycles. The van der Waals surface area contributed by atoms with Gasteiger partial charge in [0.1, 0.15) is 11.3 Å². The molecule has 1 aromatic rings. The highest BCUT2D eigenvalue weighted by Gasteiger charge is 2.28. The summed E-state index contributed by atoms with van der Waals surface area (Å²) in [7, 11) is 0. The van der Waals surface area contributed by atoms with Crippen LogP contribution >= 0.6 is 23.2 Å². The zero-order chi connectivity index (χ0) is 13.8. The van der Waals surface area contributed by atoms with Crippen LogP contribution in [-0.2, 0) is 4.74 Å². The van der Waals surface area contributed by atoms with Crippen LogP contribution in [0.4, 0.5) is 0 Å². The van der Waals surface area contributed by atoms with Gasteiger partial charge in [-0.15, -0.1) is 0 Å². The highest BCUT2D eigenvalue weighted by atomic mass is 35.5. The largest absolute Gasteiger partial charge is 0.458 e. The molecule has 104 valence electrons. The van der Waals surface area contributed by atoms with Crippen LogP contribution in [0.1, 0.15) is 49.4 Å². The van der Waals surface area contributed by atoms with Crippen molar-refractivity contribution in [2.24, 2.45) is 5.92 Å². The molecule has 1 saturated carbocycles. The van der Waals surface area contributed by atoms with Gasteiger partial charge in [-0.1, -0.05) is 36.5 Å². The first-order valence-electron chi connectivity index (χ1n) is 6.63. The molecule has 1 aliphatic rings. The summed E-state index contributed by atoms with van der Waals surface area (Å²) in [6.07, 6.45) is 6.78. The molecular formula is C14H17Cl2NO2. The summed E-state index contributed by atoms with van der Waals surface area (Å²) in [5.41, 5.74) is 0.294. The lowest BCUT2D eigenvalue weighted by Crippen LogP contribution is -2.29. The zero-order valence-corrected chi connectivity index (χ0v) is 12.4. The number of rotatable bonds is 3. The second kappa shape index (κ2) is 6.58. The van der Waals surface area contributed by atoms with E-state index in [1.165, 1.54) is 18.7 Å². The number of carbonyl (C=O) groups is 1. The van der Waals surface area contributed by atoms with E-state index < -0.39 is 5.97 Å². The lowest BCUT2D eigenvalue weighted by atomic mass is 9.85. The second-order valence-corrected chi connectivity index (χ2v) is 5.68. The molecule has 2 atom stereocenters. The van der Waals surface area contributed by atoms with Crippen molar-refractivity contribution in [3.8, 4) is 0 Å². The molecule has 0 saturated heterocycles. The van der Waals surface area contributed by atoms with E-state index in [2.05, 4.69) is 11.9 Å². The number of ether oxygens (including phenoxy) is 1. The first-order chi connectivity index (χ1) is 9.11. The number of halogens is 2. The van der Waals surface area contributed by atoms with Crippen molar-refractivity contribution in [1.29, 1.82) is 0 Å². The van der Waals surface area contributed by atoms with Gasteiger partial charge in [-0.05, 0) is 37.7 Å². The Kier molecular flexibility index (Phi) is 5.06. The van der Waals surface area contributed by atoms with E-state index in [1.807, 2.05) is 0 Å². The van der Waals surface area contributed by atoms with E-state index in [4.69, 9.17) is 27.9 Å². The molecule has 1 heterocycles. The number of hydrogen-bond donors (Lipinski definition) is 0. The number of esters is 1. The molecule has 1 aliphatic carbocycles. The van der Waals surface area contributed by atoms with Crippen molar-refractivity contribution in [2.75, 3.05) is 0 Å². The molecule has 1 aromatic heterocycles. The van der Waals surface area contributed by atoms with Gasteiger partial charge in [0.15, 0.2) is 0 Å². The fourth-order valence-corrected chi connectivity index (χ4v) is 2.90. The molecule has 0 spiro atoms. The summed E-state index contributed by atoms with van der Waals surface area (Å²) in [4.78, 5) is 16.0. The van der Waals surface area contributed by atoms with Crippen molar-refractivity contribution < 1.29 is 9.53 Å². The van der Waals surface area contributed by atoms with Crippen molar-refractivity contribution in [3.63, 3.8) is 0 Å². The predicted molar refractivity (Wildman–Crippen MR) is 75.7 cm³/mol. The molecule has 2 rings (SSSR count). The standard InChI is InChI=1S/C14H17Cl2NO2/c1-2-9-5-3-4-6-12(9)19-14(18)10-7-13(16)17-8-11(10)15/h7-9,12H,2-6H2,1H3. The first kappa shape index (κ1) is 14.6. The smallest absolute Gasteiger partial charge is 0.340 e. The van der Waals surface area contributed by atoms with Gasteiger partial charge in [0.25, 0.3) is 0 Å². The first-order valence-corrected chi connectivity index (χ1v) is 7.39. The minimum Gasteiger partial charge on any atom is -0.458 e. The predicted octanol–water partition coefficient (Wildman–Crippen LogP) is 4.51. The Morgan fingerprint density at radius 1 is 1.42 bits per heavy atom. The Morgan fingerprint density at radius 3 is 2.89 bits per heavy atom. The number of aromatic nitrogens is 1. The lowest BCUT2D eigenvalue weighted by Gasteiger charge is -2.30. The summed E-state index contributed by atoms with van der Waals surface area (Å²) >= 11 is 11.7. The summed E-state index contributed by atoms with van der Waals surface area (Å²) in [5, 5.41) is 0.519. The molecule has 19 heavy (non-hydrogen) atoms. The molecule has 0 bridgehead atoms. The van der Waals surface area contributed by atoms with Gasteiger partial charge in [0.2, 0.25) is 0 Å². The maximum absolute atomic E-state index is 12.2. The van der Waals surface area contributed by atoms with Crippen LogP contribution < -0.4 is 0 Å². The van der Waals surface area contributed by atoms with E-state index in [9.17, 15) is 4.79 Å². The molecule has 2 unspecified atom stereocenters. The molecule has 3 nitrogen and oxygen atoms in total. The van der Waals surface area contributed by atoms with Gasteiger partial charge in [-0.2, -0.15) is 0 Å². The summed E-state index contributed by atoms with van der Waals surface area (Å²) in [5.74, 6) is 0.0495. The summed E-state index contributed by atoms with van der Waals surface area (Å²) in [6.45, 7) is 2.13. The van der Waals surface area contributed by atoms with Crippen LogP contribution in [-0.4, -0.2) is 17.1 Å². The molecule has 0 amide bonds. The normalized spacial score (nSPS) is 23.1. The summed E-state index contributed by atoms with van der Waals surface area (Å²) in [6, 6.07) is 1.45. The van der Waals surface area contributed by atoms with Gasteiger partial charge in [-0.3, -0.25) is 0 Å².